The molecule has 0 spiro atoms. The summed E-state index contributed by atoms with van der Waals surface area (Å²) in [5, 5.41) is 0.777. The molecule has 0 saturated carbocycles. The molecule has 3 nitrogen and oxygen atoms in total. The second-order valence-electron chi connectivity index (χ2n) is 7.06. The first-order valence-electron chi connectivity index (χ1n) is 7.82. The van der Waals surface area contributed by atoms with E-state index in [2.05, 4.69) is 12.1 Å². The van der Waals surface area contributed by atoms with Crippen LogP contribution in [-0.2, 0) is 4.74 Å². The maximum atomic E-state index is 12.4. The zero-order valence-electron chi connectivity index (χ0n) is 13.3. The Morgan fingerprint density at radius 1 is 1.27 bits per heavy atom. The lowest BCUT2D eigenvalue weighted by molar-refractivity contribution is 0.0175. The van der Waals surface area contributed by atoms with E-state index in [0.717, 1.165) is 29.8 Å². The summed E-state index contributed by atoms with van der Waals surface area (Å²) in [5.74, 6) is 0. The molecule has 0 aromatic heterocycles. The largest absolute Gasteiger partial charge is 0.444 e. The quantitative estimate of drug-likeness (QED) is 0.737. The average molecular weight is 320 g/mol. The molecule has 3 rings (SSSR count). The number of fused-ring (bicyclic) bond motifs is 2. The molecule has 1 aromatic carbocycles. The van der Waals surface area contributed by atoms with Crippen LogP contribution in [0.15, 0.2) is 30.3 Å². The Kier molecular flexibility index (Phi) is 3.94. The van der Waals surface area contributed by atoms with Gasteiger partial charge in [0.25, 0.3) is 0 Å². The Labute approximate surface area is 136 Å². The van der Waals surface area contributed by atoms with E-state index < -0.39 is 5.60 Å². The van der Waals surface area contributed by atoms with Gasteiger partial charge in [0.2, 0.25) is 0 Å². The van der Waals surface area contributed by atoms with Gasteiger partial charge in [-0.1, -0.05) is 35.9 Å². The van der Waals surface area contributed by atoms with Crippen LogP contribution in [0.25, 0.3) is 5.57 Å². The highest BCUT2D eigenvalue weighted by atomic mass is 35.5. The zero-order chi connectivity index (χ0) is 15.9. The van der Waals surface area contributed by atoms with E-state index in [0.29, 0.717) is 0 Å². The molecule has 2 atom stereocenters. The van der Waals surface area contributed by atoms with E-state index in [-0.39, 0.29) is 18.2 Å². The van der Waals surface area contributed by atoms with E-state index in [1.54, 1.807) is 0 Å². The van der Waals surface area contributed by atoms with Gasteiger partial charge in [-0.3, -0.25) is 4.90 Å². The topological polar surface area (TPSA) is 29.5 Å². The molecule has 0 radical (unpaired) electrons. The number of amides is 1. The van der Waals surface area contributed by atoms with Gasteiger partial charge in [0.1, 0.15) is 5.60 Å². The molecular formula is C18H22ClNO2. The van der Waals surface area contributed by atoms with Gasteiger partial charge in [-0.05, 0) is 57.2 Å². The molecule has 2 aliphatic heterocycles. The van der Waals surface area contributed by atoms with Gasteiger partial charge in [0.05, 0.1) is 6.04 Å². The minimum Gasteiger partial charge on any atom is -0.444 e. The third kappa shape index (κ3) is 3.00. The number of carbonyl (C=O) groups excluding carboxylic acids is 1. The van der Waals surface area contributed by atoms with Crippen molar-refractivity contribution < 1.29 is 9.53 Å². The summed E-state index contributed by atoms with van der Waals surface area (Å²) in [6, 6.07) is 8.26. The number of hydrogen-bond acceptors (Lipinski definition) is 2. The standard InChI is InChI=1S/C18H22ClNO2/c1-18(2,3)22-17(21)20-13-8-9-14(20)11-12(10-13)15-6-4-5-7-16(15)19/h4-7,10,13-14H,8-9,11H2,1-3H3. The Morgan fingerprint density at radius 2 is 2.00 bits per heavy atom. The summed E-state index contributed by atoms with van der Waals surface area (Å²) in [6.45, 7) is 5.71. The van der Waals surface area contributed by atoms with Gasteiger partial charge in [0, 0.05) is 11.1 Å². The Bertz CT molecular complexity index is 618. The van der Waals surface area contributed by atoms with Crippen LogP contribution in [0.1, 0.15) is 45.6 Å². The van der Waals surface area contributed by atoms with Gasteiger partial charge in [-0.25, -0.2) is 4.79 Å². The number of halogens is 1. The fourth-order valence-electron chi connectivity index (χ4n) is 3.35. The van der Waals surface area contributed by atoms with Crippen molar-refractivity contribution in [1.82, 2.24) is 4.90 Å². The zero-order valence-corrected chi connectivity index (χ0v) is 14.1. The average Bonchev–Trinajstić information content (AvgIpc) is 2.68. The summed E-state index contributed by atoms with van der Waals surface area (Å²) < 4.78 is 5.55. The molecule has 4 heteroatoms. The number of benzene rings is 1. The molecule has 1 saturated heterocycles. The van der Waals surface area contributed by atoms with Crippen molar-refractivity contribution in [3.05, 3.63) is 40.9 Å². The highest BCUT2D eigenvalue weighted by Crippen LogP contribution is 2.40. The molecule has 1 aromatic rings. The van der Waals surface area contributed by atoms with Crippen molar-refractivity contribution in [3.8, 4) is 0 Å². The molecular weight excluding hydrogens is 298 g/mol. The normalized spacial score (nSPS) is 24.2. The molecule has 118 valence electrons. The molecule has 22 heavy (non-hydrogen) atoms. The number of nitrogens with zero attached hydrogens (tertiary/aromatic N) is 1. The molecule has 0 aliphatic carbocycles. The van der Waals surface area contributed by atoms with Crippen molar-refractivity contribution >= 4 is 23.3 Å². The lowest BCUT2D eigenvalue weighted by Gasteiger charge is -2.35. The summed E-state index contributed by atoms with van der Waals surface area (Å²) in [7, 11) is 0. The van der Waals surface area contributed by atoms with E-state index >= 15 is 0 Å². The van der Waals surface area contributed by atoms with Gasteiger partial charge >= 0.3 is 6.09 Å². The van der Waals surface area contributed by atoms with Crippen molar-refractivity contribution in [2.45, 2.75) is 57.7 Å². The predicted octanol–water partition coefficient (Wildman–Crippen LogP) is 4.90. The number of carbonyl (C=O) groups is 1. The molecule has 2 heterocycles. The smallest absolute Gasteiger partial charge is 0.411 e. The van der Waals surface area contributed by atoms with Crippen molar-refractivity contribution in [2.24, 2.45) is 0 Å². The summed E-state index contributed by atoms with van der Waals surface area (Å²) >= 11 is 6.31. The van der Waals surface area contributed by atoms with Crippen LogP contribution < -0.4 is 0 Å². The van der Waals surface area contributed by atoms with E-state index in [4.69, 9.17) is 16.3 Å². The second-order valence-corrected chi connectivity index (χ2v) is 7.47. The van der Waals surface area contributed by atoms with Crippen LogP contribution in [0.4, 0.5) is 4.79 Å². The minimum absolute atomic E-state index is 0.125. The van der Waals surface area contributed by atoms with Crippen LogP contribution in [0.2, 0.25) is 5.02 Å². The Morgan fingerprint density at radius 3 is 2.64 bits per heavy atom. The highest BCUT2D eigenvalue weighted by molar-refractivity contribution is 6.32. The van der Waals surface area contributed by atoms with Gasteiger partial charge < -0.3 is 4.74 Å². The first kappa shape index (κ1) is 15.4. The van der Waals surface area contributed by atoms with E-state index in [1.165, 1.54) is 5.57 Å². The molecule has 1 fully saturated rings. The summed E-state index contributed by atoms with van der Waals surface area (Å²) in [5.41, 5.74) is 1.88. The summed E-state index contributed by atoms with van der Waals surface area (Å²) in [4.78, 5) is 14.3. The molecule has 0 N–H and O–H groups in total. The summed E-state index contributed by atoms with van der Waals surface area (Å²) in [6.07, 6.45) is 4.86. The lowest BCUT2D eigenvalue weighted by atomic mass is 9.95. The van der Waals surface area contributed by atoms with Crippen LogP contribution >= 0.6 is 11.6 Å². The fraction of sp³-hybridized carbons (Fsp3) is 0.500. The Balaban J connectivity index is 1.84. The van der Waals surface area contributed by atoms with Crippen LogP contribution in [0, 0.1) is 0 Å². The van der Waals surface area contributed by atoms with Crippen LogP contribution in [0.3, 0.4) is 0 Å². The lowest BCUT2D eigenvalue weighted by Crippen LogP contribution is -2.45. The number of ether oxygens (including phenoxy) is 1. The van der Waals surface area contributed by atoms with Crippen molar-refractivity contribution in [3.63, 3.8) is 0 Å². The first-order chi connectivity index (χ1) is 10.3. The van der Waals surface area contributed by atoms with E-state index in [1.807, 2.05) is 43.9 Å². The first-order valence-corrected chi connectivity index (χ1v) is 8.20. The van der Waals surface area contributed by atoms with E-state index in [9.17, 15) is 4.79 Å². The highest BCUT2D eigenvalue weighted by Gasteiger charge is 2.41. The molecule has 2 unspecified atom stereocenters. The molecule has 2 aliphatic rings. The fourth-order valence-corrected chi connectivity index (χ4v) is 3.61. The number of rotatable bonds is 1. The second kappa shape index (κ2) is 5.62. The molecule has 1 amide bonds. The van der Waals surface area contributed by atoms with Crippen LogP contribution in [-0.4, -0.2) is 28.7 Å². The predicted molar refractivity (Wildman–Crippen MR) is 88.9 cm³/mol. The minimum atomic E-state index is -0.455. The maximum Gasteiger partial charge on any atom is 0.411 e. The van der Waals surface area contributed by atoms with Crippen molar-refractivity contribution in [2.75, 3.05) is 0 Å². The number of hydrogen-bond donors (Lipinski definition) is 0. The third-order valence-electron chi connectivity index (χ3n) is 4.22. The third-order valence-corrected chi connectivity index (χ3v) is 4.55. The van der Waals surface area contributed by atoms with Crippen LogP contribution in [0.5, 0.6) is 0 Å². The van der Waals surface area contributed by atoms with Gasteiger partial charge in [0.15, 0.2) is 0 Å². The van der Waals surface area contributed by atoms with Gasteiger partial charge in [-0.2, -0.15) is 0 Å². The SMILES string of the molecule is CC(C)(C)OC(=O)N1C2C=C(c3ccccc3Cl)CC1CC2. The maximum absolute atomic E-state index is 12.4. The monoisotopic (exact) mass is 319 g/mol. The molecule has 2 bridgehead atoms. The van der Waals surface area contributed by atoms with Gasteiger partial charge in [-0.15, -0.1) is 0 Å². The Hall–Kier alpha value is -1.48. The van der Waals surface area contributed by atoms with Crippen molar-refractivity contribution in [1.29, 1.82) is 0 Å².